The van der Waals surface area contributed by atoms with Crippen LogP contribution in [0, 0.1) is 18.8 Å². The zero-order valence-electron chi connectivity index (χ0n) is 16.5. The fourth-order valence-electron chi connectivity index (χ4n) is 4.10. The highest BCUT2D eigenvalue weighted by Gasteiger charge is 2.30. The van der Waals surface area contributed by atoms with Gasteiger partial charge >= 0.3 is 0 Å². The van der Waals surface area contributed by atoms with Crippen LogP contribution in [0.15, 0.2) is 5.38 Å². The van der Waals surface area contributed by atoms with Crippen LogP contribution in [0.5, 0.6) is 0 Å². The van der Waals surface area contributed by atoms with Crippen molar-refractivity contribution in [1.29, 1.82) is 0 Å². The molecule has 8 heteroatoms. The highest BCUT2D eigenvalue weighted by Crippen LogP contribution is 2.25. The van der Waals surface area contributed by atoms with Crippen molar-refractivity contribution in [2.75, 3.05) is 39.8 Å². The van der Waals surface area contributed by atoms with Gasteiger partial charge < -0.3 is 10.2 Å². The molecule has 27 heavy (non-hydrogen) atoms. The number of carbonyl (C=O) groups excluding carboxylic acids is 1. The quantitative estimate of drug-likeness (QED) is 0.742. The second-order valence-corrected chi connectivity index (χ2v) is 8.63. The molecule has 1 aromatic rings. The standard InChI is InChI=1S/C19H32N4OS.2ClH/c1-15-21-18(14-25-15)13-22-9-6-17(7-10-22)19(24)23-11-4-16(5-12-23)3-8-20-2;;/h14,16-17,20H,3-13H2,1-2H3;2*1H. The summed E-state index contributed by atoms with van der Waals surface area (Å²) < 4.78 is 0. The predicted molar refractivity (Wildman–Crippen MR) is 117 cm³/mol. The first kappa shape index (κ1) is 24.6. The number of aromatic nitrogens is 1. The van der Waals surface area contributed by atoms with E-state index in [0.717, 1.165) is 63.0 Å². The van der Waals surface area contributed by atoms with Gasteiger partial charge in [-0.3, -0.25) is 9.69 Å². The van der Waals surface area contributed by atoms with Gasteiger partial charge in [-0.2, -0.15) is 0 Å². The summed E-state index contributed by atoms with van der Waals surface area (Å²) in [6, 6.07) is 0. The number of piperidine rings is 2. The Morgan fingerprint density at radius 1 is 1.19 bits per heavy atom. The number of thiazole rings is 1. The molecule has 0 aromatic carbocycles. The van der Waals surface area contributed by atoms with Crippen LogP contribution in [0.25, 0.3) is 0 Å². The third-order valence-electron chi connectivity index (χ3n) is 5.72. The van der Waals surface area contributed by atoms with Gasteiger partial charge in [0.1, 0.15) is 0 Å². The Balaban J connectivity index is 0.00000182. The van der Waals surface area contributed by atoms with E-state index in [1.54, 1.807) is 11.3 Å². The molecule has 5 nitrogen and oxygen atoms in total. The summed E-state index contributed by atoms with van der Waals surface area (Å²) in [4.78, 5) is 22.0. The van der Waals surface area contributed by atoms with Crippen molar-refractivity contribution in [1.82, 2.24) is 20.1 Å². The summed E-state index contributed by atoms with van der Waals surface area (Å²) in [5, 5.41) is 6.53. The molecule has 0 aliphatic carbocycles. The number of nitrogens with zero attached hydrogens (tertiary/aromatic N) is 3. The predicted octanol–water partition coefficient (Wildman–Crippen LogP) is 3.36. The van der Waals surface area contributed by atoms with Crippen LogP contribution in [0.2, 0.25) is 0 Å². The molecule has 2 aliphatic rings. The monoisotopic (exact) mass is 436 g/mol. The van der Waals surface area contributed by atoms with E-state index in [2.05, 4.69) is 32.4 Å². The molecule has 1 amide bonds. The maximum absolute atomic E-state index is 12.8. The Morgan fingerprint density at radius 3 is 2.41 bits per heavy atom. The van der Waals surface area contributed by atoms with E-state index in [0.29, 0.717) is 5.91 Å². The smallest absolute Gasteiger partial charge is 0.225 e. The zero-order chi connectivity index (χ0) is 17.6. The third kappa shape index (κ3) is 7.17. The summed E-state index contributed by atoms with van der Waals surface area (Å²) in [6.45, 7) is 8.05. The van der Waals surface area contributed by atoms with Crippen molar-refractivity contribution in [3.63, 3.8) is 0 Å². The summed E-state index contributed by atoms with van der Waals surface area (Å²) in [7, 11) is 2.01. The molecule has 0 unspecified atom stereocenters. The number of nitrogens with one attached hydrogen (secondary N) is 1. The van der Waals surface area contributed by atoms with E-state index in [9.17, 15) is 4.79 Å². The molecular formula is C19H34Cl2N4OS. The molecule has 156 valence electrons. The largest absolute Gasteiger partial charge is 0.342 e. The van der Waals surface area contributed by atoms with Crippen molar-refractivity contribution in [3.05, 3.63) is 16.1 Å². The van der Waals surface area contributed by atoms with Crippen LogP contribution >= 0.6 is 36.2 Å². The number of hydrogen-bond donors (Lipinski definition) is 1. The minimum absolute atomic E-state index is 0. The Labute approximate surface area is 180 Å². The molecule has 0 saturated carbocycles. The average Bonchev–Trinajstić information content (AvgIpc) is 3.05. The van der Waals surface area contributed by atoms with E-state index < -0.39 is 0 Å². The molecule has 0 radical (unpaired) electrons. The van der Waals surface area contributed by atoms with E-state index in [1.807, 2.05) is 7.05 Å². The zero-order valence-corrected chi connectivity index (χ0v) is 18.9. The van der Waals surface area contributed by atoms with E-state index in [1.165, 1.54) is 25.0 Å². The van der Waals surface area contributed by atoms with Crippen molar-refractivity contribution >= 4 is 42.1 Å². The Bertz CT molecular complexity index is 556. The first-order valence-corrected chi connectivity index (χ1v) is 10.6. The molecule has 2 aliphatic heterocycles. The molecule has 2 saturated heterocycles. The second kappa shape index (κ2) is 12.2. The van der Waals surface area contributed by atoms with Gasteiger partial charge in [0.15, 0.2) is 0 Å². The van der Waals surface area contributed by atoms with Crippen LogP contribution < -0.4 is 5.32 Å². The molecule has 0 spiro atoms. The van der Waals surface area contributed by atoms with Gasteiger partial charge in [-0.05, 0) is 71.6 Å². The lowest BCUT2D eigenvalue weighted by Crippen LogP contribution is -2.45. The summed E-state index contributed by atoms with van der Waals surface area (Å²) in [6.07, 6.45) is 5.60. The number of carbonyl (C=O) groups is 1. The number of hydrogen-bond acceptors (Lipinski definition) is 5. The Hall–Kier alpha value is -0.400. The lowest BCUT2D eigenvalue weighted by atomic mass is 9.90. The number of likely N-dealkylation sites (tertiary alicyclic amines) is 2. The fraction of sp³-hybridized carbons (Fsp3) is 0.789. The summed E-state index contributed by atoms with van der Waals surface area (Å²) in [5.74, 6) is 1.44. The Kier molecular flexibility index (Phi) is 11.2. The van der Waals surface area contributed by atoms with Gasteiger partial charge in [0.2, 0.25) is 5.91 Å². The van der Waals surface area contributed by atoms with E-state index in [-0.39, 0.29) is 30.7 Å². The molecular weight excluding hydrogens is 403 g/mol. The van der Waals surface area contributed by atoms with Gasteiger partial charge in [0, 0.05) is 30.9 Å². The van der Waals surface area contributed by atoms with Gasteiger partial charge in [-0.1, -0.05) is 0 Å². The molecule has 2 fully saturated rings. The van der Waals surface area contributed by atoms with Gasteiger partial charge in [0.05, 0.1) is 10.7 Å². The fourth-order valence-corrected chi connectivity index (χ4v) is 4.70. The Morgan fingerprint density at radius 2 is 1.85 bits per heavy atom. The normalized spacial score (nSPS) is 19.4. The molecule has 3 heterocycles. The molecule has 3 rings (SSSR count). The summed E-state index contributed by atoms with van der Waals surface area (Å²) >= 11 is 1.72. The van der Waals surface area contributed by atoms with Crippen LogP contribution in [-0.2, 0) is 11.3 Å². The van der Waals surface area contributed by atoms with Crippen LogP contribution in [-0.4, -0.2) is 60.5 Å². The lowest BCUT2D eigenvalue weighted by Gasteiger charge is -2.37. The van der Waals surface area contributed by atoms with E-state index in [4.69, 9.17) is 0 Å². The van der Waals surface area contributed by atoms with Crippen molar-refractivity contribution in [2.24, 2.45) is 11.8 Å². The molecule has 1 aromatic heterocycles. The molecule has 0 bridgehead atoms. The highest BCUT2D eigenvalue weighted by molar-refractivity contribution is 7.09. The van der Waals surface area contributed by atoms with Gasteiger partial charge in [-0.15, -0.1) is 36.2 Å². The maximum Gasteiger partial charge on any atom is 0.225 e. The topological polar surface area (TPSA) is 48.5 Å². The lowest BCUT2D eigenvalue weighted by molar-refractivity contribution is -0.138. The highest BCUT2D eigenvalue weighted by atomic mass is 35.5. The molecule has 0 atom stereocenters. The molecule has 1 N–H and O–H groups in total. The number of halogens is 2. The first-order chi connectivity index (χ1) is 12.2. The third-order valence-corrected chi connectivity index (χ3v) is 6.54. The van der Waals surface area contributed by atoms with Crippen LogP contribution in [0.4, 0.5) is 0 Å². The summed E-state index contributed by atoms with van der Waals surface area (Å²) in [5.41, 5.74) is 1.18. The first-order valence-electron chi connectivity index (χ1n) is 9.72. The van der Waals surface area contributed by atoms with E-state index >= 15 is 0 Å². The van der Waals surface area contributed by atoms with Crippen LogP contribution in [0.1, 0.15) is 42.8 Å². The van der Waals surface area contributed by atoms with Gasteiger partial charge in [-0.25, -0.2) is 4.98 Å². The average molecular weight is 437 g/mol. The number of aryl methyl sites for hydroxylation is 1. The number of rotatable bonds is 6. The number of amides is 1. The van der Waals surface area contributed by atoms with Crippen molar-refractivity contribution < 1.29 is 4.79 Å². The van der Waals surface area contributed by atoms with Crippen LogP contribution in [0.3, 0.4) is 0 Å². The minimum Gasteiger partial charge on any atom is -0.342 e. The minimum atomic E-state index is 0. The SMILES string of the molecule is CNCCC1CCN(C(=O)C2CCN(Cc3csc(C)n3)CC2)CC1.Cl.Cl. The van der Waals surface area contributed by atoms with Crippen molar-refractivity contribution in [2.45, 2.75) is 45.6 Å². The maximum atomic E-state index is 12.8. The van der Waals surface area contributed by atoms with Gasteiger partial charge in [0.25, 0.3) is 0 Å². The second-order valence-electron chi connectivity index (χ2n) is 7.57. The van der Waals surface area contributed by atoms with Crippen molar-refractivity contribution in [3.8, 4) is 0 Å².